The van der Waals surface area contributed by atoms with Crippen LogP contribution in [0.2, 0.25) is 13.1 Å². The molecule has 0 fully saturated rings. The maximum atomic E-state index is 13.6. The Morgan fingerprint density at radius 1 is 0.651 bits per heavy atom. The number of benzene rings is 2. The molecule has 0 bridgehead atoms. The summed E-state index contributed by atoms with van der Waals surface area (Å²) >= 11 is 0. The zero-order valence-corrected chi connectivity index (χ0v) is 27.3. The van der Waals surface area contributed by atoms with Crippen molar-refractivity contribution in [3.63, 3.8) is 0 Å². The summed E-state index contributed by atoms with van der Waals surface area (Å²) in [5, 5.41) is 2.52. The summed E-state index contributed by atoms with van der Waals surface area (Å²) in [5.41, 5.74) is 0.757. The highest BCUT2D eigenvalue weighted by molar-refractivity contribution is 7.00. The van der Waals surface area contributed by atoms with Gasteiger partial charge < -0.3 is 18.9 Å². The van der Waals surface area contributed by atoms with Crippen molar-refractivity contribution in [1.29, 1.82) is 0 Å². The summed E-state index contributed by atoms with van der Waals surface area (Å²) in [6, 6.07) is 12.7. The van der Waals surface area contributed by atoms with Crippen LogP contribution in [0, 0.1) is 10.8 Å². The van der Waals surface area contributed by atoms with Gasteiger partial charge in [-0.25, -0.2) is 0 Å². The van der Waals surface area contributed by atoms with E-state index in [0.717, 1.165) is 22.3 Å². The van der Waals surface area contributed by atoms with Crippen LogP contribution < -0.4 is 10.4 Å². The first-order valence-electron chi connectivity index (χ1n) is 15.4. The van der Waals surface area contributed by atoms with Gasteiger partial charge in [0.1, 0.15) is 8.07 Å². The van der Waals surface area contributed by atoms with Crippen molar-refractivity contribution in [3.8, 4) is 0 Å². The summed E-state index contributed by atoms with van der Waals surface area (Å²) in [4.78, 5) is 54.1. The Bertz CT molecular complexity index is 1340. The summed E-state index contributed by atoms with van der Waals surface area (Å²) in [5.74, 6) is -2.41. The molecule has 0 saturated heterocycles. The molecule has 0 spiro atoms. The van der Waals surface area contributed by atoms with Gasteiger partial charge >= 0.3 is 23.9 Å². The Balaban J connectivity index is 1.98. The normalized spacial score (nSPS) is 16.7. The summed E-state index contributed by atoms with van der Waals surface area (Å²) < 4.78 is 21.9. The maximum Gasteiger partial charge on any atom is 0.323 e. The van der Waals surface area contributed by atoms with Crippen LogP contribution >= 0.6 is 0 Å². The van der Waals surface area contributed by atoms with E-state index in [4.69, 9.17) is 18.9 Å². The molecule has 2 aliphatic carbocycles. The first kappa shape index (κ1) is 32.5. The van der Waals surface area contributed by atoms with Crippen LogP contribution in [-0.4, -0.2) is 58.4 Å². The summed E-state index contributed by atoms with van der Waals surface area (Å²) in [6.07, 6.45) is 1.59. The van der Waals surface area contributed by atoms with Crippen LogP contribution in [0.3, 0.4) is 0 Å². The minimum atomic E-state index is -2.25. The van der Waals surface area contributed by atoms with Crippen LogP contribution in [0.1, 0.15) is 62.8 Å². The predicted octanol–water partition coefficient (Wildman–Crippen LogP) is 3.71. The molecular weight excluding hydrogens is 564 g/mol. The number of carbonyl (C=O) groups is 4. The fourth-order valence-corrected chi connectivity index (χ4v) is 9.71. The second kappa shape index (κ2) is 13.0. The van der Waals surface area contributed by atoms with Gasteiger partial charge in [-0.3, -0.25) is 19.2 Å². The summed E-state index contributed by atoms with van der Waals surface area (Å²) in [6.45, 7) is 12.0. The van der Waals surface area contributed by atoms with Gasteiger partial charge in [-0.2, -0.15) is 0 Å². The van der Waals surface area contributed by atoms with E-state index >= 15 is 0 Å². The fourth-order valence-electron chi connectivity index (χ4n) is 6.80. The Kier molecular flexibility index (Phi) is 9.84. The van der Waals surface area contributed by atoms with Gasteiger partial charge in [-0.1, -0.05) is 59.9 Å². The van der Waals surface area contributed by atoms with Crippen LogP contribution in [0.15, 0.2) is 36.4 Å². The highest BCUT2D eigenvalue weighted by Gasteiger charge is 2.55. The minimum absolute atomic E-state index is 0.0805. The maximum absolute atomic E-state index is 13.6. The molecule has 0 aromatic heterocycles. The van der Waals surface area contributed by atoms with Gasteiger partial charge in [0, 0.05) is 0 Å². The molecule has 0 aliphatic heterocycles. The molecule has 9 heteroatoms. The second-order valence-electron chi connectivity index (χ2n) is 11.9. The van der Waals surface area contributed by atoms with Gasteiger partial charge in [0.15, 0.2) is 10.8 Å². The van der Waals surface area contributed by atoms with Crippen LogP contribution in [0.5, 0.6) is 0 Å². The van der Waals surface area contributed by atoms with Crippen molar-refractivity contribution in [3.05, 3.63) is 58.7 Å². The molecule has 0 saturated carbocycles. The smallest absolute Gasteiger partial charge is 0.323 e. The average Bonchev–Trinajstić information content (AvgIpc) is 3.00. The fraction of sp³-hybridized carbons (Fsp3) is 0.529. The van der Waals surface area contributed by atoms with Gasteiger partial charge in [-0.05, 0) is 88.5 Å². The van der Waals surface area contributed by atoms with Crippen molar-refractivity contribution < 1.29 is 38.1 Å². The van der Waals surface area contributed by atoms with Gasteiger partial charge in [0.05, 0.1) is 26.4 Å². The number of esters is 4. The third-order valence-corrected chi connectivity index (χ3v) is 12.7. The molecule has 43 heavy (non-hydrogen) atoms. The highest BCUT2D eigenvalue weighted by Crippen LogP contribution is 2.45. The Hall–Kier alpha value is -3.46. The van der Waals surface area contributed by atoms with Crippen LogP contribution in [0.25, 0.3) is 0 Å². The SMILES string of the molecule is CCOC(=O)C1(C(=O)OCC)CCc2cc([Si](C)(C)c3ccccc3)c3c(c2C1)CC(C(=O)OCC)(C(=O)OCC)CC3. The first-order valence-corrected chi connectivity index (χ1v) is 18.4. The van der Waals surface area contributed by atoms with Crippen molar-refractivity contribution in [2.24, 2.45) is 10.8 Å². The molecule has 0 heterocycles. The van der Waals surface area contributed by atoms with Crippen LogP contribution in [0.4, 0.5) is 0 Å². The molecule has 0 amide bonds. The molecule has 2 aromatic carbocycles. The lowest BCUT2D eigenvalue weighted by Crippen LogP contribution is -2.57. The zero-order valence-electron chi connectivity index (χ0n) is 26.3. The minimum Gasteiger partial charge on any atom is -0.465 e. The van der Waals surface area contributed by atoms with Crippen LogP contribution in [-0.2, 0) is 63.8 Å². The molecule has 4 rings (SSSR count). The lowest BCUT2D eigenvalue weighted by Gasteiger charge is -2.41. The van der Waals surface area contributed by atoms with Crippen molar-refractivity contribution in [2.45, 2.75) is 79.3 Å². The van der Waals surface area contributed by atoms with Crippen molar-refractivity contribution in [2.75, 3.05) is 26.4 Å². The first-order chi connectivity index (χ1) is 20.5. The number of aryl methyl sites for hydroxylation is 1. The number of hydrogen-bond acceptors (Lipinski definition) is 8. The molecule has 0 N–H and O–H groups in total. The molecular formula is C34H44O8Si. The molecule has 0 atom stereocenters. The molecule has 2 aromatic rings. The standard InChI is InChI=1S/C34H44O8Si/c1-7-39-29(35)33(30(36)40-8-2)18-16-23-20-28(43(5,6)24-14-12-11-13-15-24)25-17-19-34(31(37)41-9-3,32(38)42-10-4)22-27(25)26(23)21-33/h11-15,20H,7-10,16-19,21-22H2,1-6H3. The lowest BCUT2D eigenvalue weighted by atomic mass is 9.64. The Morgan fingerprint density at radius 2 is 1.09 bits per heavy atom. The van der Waals surface area contributed by atoms with E-state index in [1.165, 1.54) is 10.4 Å². The quantitative estimate of drug-likeness (QED) is 0.174. The largest absolute Gasteiger partial charge is 0.465 e. The van der Waals surface area contributed by atoms with E-state index in [-0.39, 0.29) is 52.1 Å². The van der Waals surface area contributed by atoms with Gasteiger partial charge in [-0.15, -0.1) is 0 Å². The average molecular weight is 609 g/mol. The van der Waals surface area contributed by atoms with E-state index in [1.807, 2.05) is 6.07 Å². The number of ether oxygens (including phenoxy) is 4. The summed E-state index contributed by atoms with van der Waals surface area (Å²) in [7, 11) is -2.25. The van der Waals surface area contributed by atoms with E-state index in [2.05, 4.69) is 43.4 Å². The highest BCUT2D eigenvalue weighted by atomic mass is 28.3. The van der Waals surface area contributed by atoms with E-state index in [0.29, 0.717) is 12.8 Å². The van der Waals surface area contributed by atoms with Crippen molar-refractivity contribution >= 4 is 42.3 Å². The molecule has 232 valence electrons. The van der Waals surface area contributed by atoms with Crippen molar-refractivity contribution in [1.82, 2.24) is 0 Å². The number of carbonyl (C=O) groups excluding carboxylic acids is 4. The van der Waals surface area contributed by atoms with E-state index in [1.54, 1.807) is 27.7 Å². The molecule has 0 radical (unpaired) electrons. The molecule has 2 aliphatic rings. The third kappa shape index (κ3) is 5.76. The second-order valence-corrected chi connectivity index (χ2v) is 16.3. The van der Waals surface area contributed by atoms with Gasteiger partial charge in [0.25, 0.3) is 0 Å². The van der Waals surface area contributed by atoms with E-state index < -0.39 is 42.8 Å². The number of fused-ring (bicyclic) bond motifs is 3. The zero-order chi connectivity index (χ0) is 31.4. The Morgan fingerprint density at radius 3 is 1.56 bits per heavy atom. The topological polar surface area (TPSA) is 105 Å². The lowest BCUT2D eigenvalue weighted by molar-refractivity contribution is -0.175. The number of rotatable bonds is 10. The Labute approximate surface area is 255 Å². The number of hydrogen-bond donors (Lipinski definition) is 0. The molecule has 8 nitrogen and oxygen atoms in total. The van der Waals surface area contributed by atoms with Gasteiger partial charge in [0.2, 0.25) is 0 Å². The third-order valence-electron chi connectivity index (χ3n) is 9.17. The monoisotopic (exact) mass is 608 g/mol. The molecule has 0 unspecified atom stereocenters. The predicted molar refractivity (Wildman–Crippen MR) is 165 cm³/mol. The van der Waals surface area contributed by atoms with E-state index in [9.17, 15) is 19.2 Å².